The van der Waals surface area contributed by atoms with Crippen molar-refractivity contribution < 1.29 is 15.1 Å². The molecule has 0 bridgehead atoms. The molecular formula is C11H18NO2+. The van der Waals surface area contributed by atoms with E-state index in [-0.39, 0.29) is 6.61 Å². The summed E-state index contributed by atoms with van der Waals surface area (Å²) in [5.74, 6) is 0. The number of aliphatic hydroxyl groups is 2. The Morgan fingerprint density at radius 2 is 1.93 bits per heavy atom. The van der Waals surface area contributed by atoms with Gasteiger partial charge in [0.15, 0.2) is 0 Å². The van der Waals surface area contributed by atoms with Gasteiger partial charge in [0.25, 0.3) is 0 Å². The second-order valence-corrected chi connectivity index (χ2v) is 3.66. The van der Waals surface area contributed by atoms with Crippen molar-refractivity contribution in [3.05, 3.63) is 35.9 Å². The molecule has 0 aliphatic heterocycles. The molecule has 2 atom stereocenters. The number of quaternary nitrogens is 1. The van der Waals surface area contributed by atoms with Gasteiger partial charge in [0.2, 0.25) is 0 Å². The summed E-state index contributed by atoms with van der Waals surface area (Å²) in [6.07, 6.45) is -0.612. The van der Waals surface area contributed by atoms with Gasteiger partial charge < -0.3 is 15.1 Å². The average Bonchev–Trinajstić information content (AvgIpc) is 2.19. The van der Waals surface area contributed by atoms with E-state index in [4.69, 9.17) is 5.11 Å². The predicted molar refractivity (Wildman–Crippen MR) is 55.0 cm³/mol. The third-order valence-electron chi connectivity index (χ3n) is 2.14. The van der Waals surface area contributed by atoms with Gasteiger partial charge in [0.05, 0.1) is 13.7 Å². The maximum atomic E-state index is 9.24. The van der Waals surface area contributed by atoms with Crippen LogP contribution in [-0.4, -0.2) is 36.5 Å². The minimum Gasteiger partial charge on any atom is -0.393 e. The van der Waals surface area contributed by atoms with E-state index < -0.39 is 6.10 Å². The molecule has 0 aliphatic carbocycles. The zero-order valence-corrected chi connectivity index (χ0v) is 8.48. The van der Waals surface area contributed by atoms with Crippen LogP contribution >= 0.6 is 0 Å². The molecule has 3 N–H and O–H groups in total. The Kier molecular flexibility index (Phi) is 4.59. The first-order chi connectivity index (χ1) is 6.72. The second kappa shape index (κ2) is 5.75. The smallest absolute Gasteiger partial charge is 0.126 e. The molecular weight excluding hydrogens is 178 g/mol. The highest BCUT2D eigenvalue weighted by Gasteiger charge is 2.09. The molecule has 1 aromatic carbocycles. The van der Waals surface area contributed by atoms with E-state index in [9.17, 15) is 5.11 Å². The first-order valence-corrected chi connectivity index (χ1v) is 4.86. The number of hydrogen-bond donors (Lipinski definition) is 3. The number of nitrogens with one attached hydrogen (secondary N) is 1. The van der Waals surface area contributed by atoms with Crippen molar-refractivity contribution >= 4 is 0 Å². The van der Waals surface area contributed by atoms with Gasteiger partial charge in [-0.25, -0.2) is 0 Å². The lowest BCUT2D eigenvalue weighted by atomic mass is 10.2. The minimum atomic E-state index is -0.612. The van der Waals surface area contributed by atoms with E-state index in [2.05, 4.69) is 12.1 Å². The van der Waals surface area contributed by atoms with Crippen molar-refractivity contribution in [1.82, 2.24) is 0 Å². The van der Waals surface area contributed by atoms with Crippen LogP contribution in [0, 0.1) is 0 Å². The minimum absolute atomic E-state index is 0.161. The molecule has 78 valence electrons. The van der Waals surface area contributed by atoms with E-state index in [0.717, 1.165) is 6.54 Å². The molecule has 1 rings (SSSR count). The Morgan fingerprint density at radius 3 is 2.50 bits per heavy atom. The molecule has 0 saturated heterocycles. The second-order valence-electron chi connectivity index (χ2n) is 3.66. The van der Waals surface area contributed by atoms with E-state index in [0.29, 0.717) is 6.54 Å². The summed E-state index contributed by atoms with van der Waals surface area (Å²) in [5, 5.41) is 17.9. The fraction of sp³-hybridized carbons (Fsp3) is 0.455. The summed E-state index contributed by atoms with van der Waals surface area (Å²) in [6.45, 7) is 1.29. The van der Waals surface area contributed by atoms with Crippen molar-refractivity contribution in [1.29, 1.82) is 0 Å². The third-order valence-corrected chi connectivity index (χ3v) is 2.14. The van der Waals surface area contributed by atoms with Crippen LogP contribution in [0.4, 0.5) is 0 Å². The van der Waals surface area contributed by atoms with Crippen LogP contribution in [-0.2, 0) is 6.54 Å². The van der Waals surface area contributed by atoms with E-state index >= 15 is 0 Å². The number of aliphatic hydroxyl groups excluding tert-OH is 2. The predicted octanol–water partition coefficient (Wildman–Crippen LogP) is -0.946. The zero-order chi connectivity index (χ0) is 10.4. The normalized spacial score (nSPS) is 15.1. The molecule has 1 aromatic rings. The Morgan fingerprint density at radius 1 is 1.29 bits per heavy atom. The Bertz CT molecular complexity index is 251. The molecule has 0 aromatic heterocycles. The van der Waals surface area contributed by atoms with Crippen LogP contribution in [0.3, 0.4) is 0 Å². The van der Waals surface area contributed by atoms with Crippen LogP contribution in [0.1, 0.15) is 5.56 Å². The molecule has 0 aliphatic rings. The van der Waals surface area contributed by atoms with Gasteiger partial charge in [0, 0.05) is 5.56 Å². The van der Waals surface area contributed by atoms with Crippen LogP contribution < -0.4 is 4.90 Å². The first kappa shape index (κ1) is 11.2. The van der Waals surface area contributed by atoms with Crippen LogP contribution in [0.5, 0.6) is 0 Å². The Hall–Kier alpha value is -0.900. The molecule has 0 saturated carbocycles. The largest absolute Gasteiger partial charge is 0.393 e. The van der Waals surface area contributed by atoms with E-state index in [1.807, 2.05) is 25.2 Å². The standard InChI is InChI=1S/C11H17NO2/c1-12(8-11(14)9-13)7-10-5-3-2-4-6-10/h2-6,11,13-14H,7-9H2,1H3/p+1/t11-/m1/s1. The summed E-state index contributed by atoms with van der Waals surface area (Å²) in [5.41, 5.74) is 1.25. The quantitative estimate of drug-likeness (QED) is 0.569. The molecule has 3 heteroatoms. The van der Waals surface area contributed by atoms with Gasteiger partial charge in [-0.3, -0.25) is 0 Å². The van der Waals surface area contributed by atoms with Gasteiger partial charge in [-0.1, -0.05) is 30.3 Å². The highest BCUT2D eigenvalue weighted by atomic mass is 16.3. The van der Waals surface area contributed by atoms with E-state index in [1.165, 1.54) is 10.5 Å². The maximum Gasteiger partial charge on any atom is 0.126 e. The van der Waals surface area contributed by atoms with Gasteiger partial charge >= 0.3 is 0 Å². The van der Waals surface area contributed by atoms with E-state index in [1.54, 1.807) is 0 Å². The molecule has 14 heavy (non-hydrogen) atoms. The lowest BCUT2D eigenvalue weighted by molar-refractivity contribution is -0.897. The number of hydrogen-bond acceptors (Lipinski definition) is 2. The van der Waals surface area contributed by atoms with Crippen LogP contribution in [0.25, 0.3) is 0 Å². The first-order valence-electron chi connectivity index (χ1n) is 4.86. The van der Waals surface area contributed by atoms with Crippen molar-refractivity contribution in [2.75, 3.05) is 20.2 Å². The summed E-state index contributed by atoms with van der Waals surface area (Å²) < 4.78 is 0. The lowest BCUT2D eigenvalue weighted by Gasteiger charge is -2.16. The lowest BCUT2D eigenvalue weighted by Crippen LogP contribution is -3.08. The highest BCUT2D eigenvalue weighted by molar-refractivity contribution is 5.13. The monoisotopic (exact) mass is 196 g/mol. The number of rotatable bonds is 5. The fourth-order valence-electron chi connectivity index (χ4n) is 1.48. The molecule has 0 amide bonds. The SMILES string of the molecule is C[NH+](Cc1ccccc1)C[C@@H](O)CO. The average molecular weight is 196 g/mol. The van der Waals surface area contributed by atoms with Crippen LogP contribution in [0.2, 0.25) is 0 Å². The van der Waals surface area contributed by atoms with Gasteiger partial charge in [-0.15, -0.1) is 0 Å². The van der Waals surface area contributed by atoms with Gasteiger partial charge in [-0.05, 0) is 0 Å². The third kappa shape index (κ3) is 3.87. The van der Waals surface area contributed by atoms with Crippen molar-refractivity contribution in [2.24, 2.45) is 0 Å². The van der Waals surface area contributed by atoms with Crippen molar-refractivity contribution in [2.45, 2.75) is 12.6 Å². The fourth-order valence-corrected chi connectivity index (χ4v) is 1.48. The van der Waals surface area contributed by atoms with Crippen molar-refractivity contribution in [3.8, 4) is 0 Å². The molecule has 0 heterocycles. The summed E-state index contributed by atoms with van der Waals surface area (Å²) in [6, 6.07) is 10.1. The molecule has 0 spiro atoms. The summed E-state index contributed by atoms with van der Waals surface area (Å²) in [7, 11) is 2.01. The molecule has 1 unspecified atom stereocenters. The number of likely N-dealkylation sites (N-methyl/N-ethyl adjacent to an activating group) is 1. The summed E-state index contributed by atoms with van der Waals surface area (Å²) in [4.78, 5) is 1.19. The summed E-state index contributed by atoms with van der Waals surface area (Å²) >= 11 is 0. The van der Waals surface area contributed by atoms with Gasteiger partial charge in [-0.2, -0.15) is 0 Å². The topological polar surface area (TPSA) is 44.9 Å². The number of benzene rings is 1. The van der Waals surface area contributed by atoms with Gasteiger partial charge in [0.1, 0.15) is 19.2 Å². The highest BCUT2D eigenvalue weighted by Crippen LogP contribution is 1.94. The molecule has 0 fully saturated rings. The van der Waals surface area contributed by atoms with Crippen LogP contribution in [0.15, 0.2) is 30.3 Å². The molecule has 0 radical (unpaired) electrons. The molecule has 3 nitrogen and oxygen atoms in total. The maximum absolute atomic E-state index is 9.24. The Labute approximate surface area is 84.6 Å². The Balaban J connectivity index is 2.37. The van der Waals surface area contributed by atoms with Crippen molar-refractivity contribution in [3.63, 3.8) is 0 Å². The zero-order valence-electron chi connectivity index (χ0n) is 8.48.